The predicted molar refractivity (Wildman–Crippen MR) is 124 cm³/mol. The zero-order chi connectivity index (χ0) is 34.4. The van der Waals surface area contributed by atoms with Crippen LogP contribution in [0.2, 0.25) is 0 Å². The third-order valence-electron chi connectivity index (χ3n) is 3.19. The Hall–Kier alpha value is -2.83. The molecule has 12 heteroatoms. The number of anilines is 1. The van der Waals surface area contributed by atoms with Gasteiger partial charge in [0.15, 0.2) is 5.82 Å². The van der Waals surface area contributed by atoms with E-state index in [4.69, 9.17) is 27.3 Å². The fourth-order valence-electron chi connectivity index (χ4n) is 1.94. The molecule has 0 aliphatic heterocycles. The number of halogens is 1. The minimum atomic E-state index is -4.92. The van der Waals surface area contributed by atoms with Gasteiger partial charge in [0.05, 0.1) is 19.3 Å². The second-order valence-electron chi connectivity index (χ2n) is 5.54. The van der Waals surface area contributed by atoms with Gasteiger partial charge in [-0.2, -0.15) is 13.1 Å². The summed E-state index contributed by atoms with van der Waals surface area (Å²) in [5.41, 5.74) is -1.64. The maximum absolute atomic E-state index is 12.9. The number of benzene rings is 1. The van der Waals surface area contributed by atoms with E-state index in [1.165, 1.54) is 13.8 Å². The lowest BCUT2D eigenvalue weighted by Crippen LogP contribution is -2.31. The molecule has 0 aliphatic carbocycles. The van der Waals surface area contributed by atoms with E-state index in [-0.39, 0.29) is 16.5 Å². The van der Waals surface area contributed by atoms with Crippen molar-refractivity contribution in [3.8, 4) is 23.0 Å². The van der Waals surface area contributed by atoms with Crippen molar-refractivity contribution in [2.45, 2.75) is 20.3 Å². The molecule has 32 heavy (non-hydrogen) atoms. The molecule has 0 aliphatic rings. The first-order valence-corrected chi connectivity index (χ1v) is 10.9. The summed E-state index contributed by atoms with van der Waals surface area (Å²) >= 11 is 2.91. The van der Waals surface area contributed by atoms with Crippen LogP contribution in [-0.4, -0.2) is 48.0 Å². The molecule has 0 amide bonds. The standard InChI is InChI=1S/C20H23BrN6O4S/c1-3-8-26-32(28,29)27-18-17(15-4-6-16(21)7-5-15)19(25-13-24-18)30-9-10-31-20-22-11-14(2)12-23-20/h4-7,11-13,26H,3,8-10H2,1-2H3,(H,24,25,27)/i4D,5D,6D,7D,8D2,9D2,10D2,11D,12D,13D. The van der Waals surface area contributed by atoms with Gasteiger partial charge in [-0.15, -0.1) is 0 Å². The summed E-state index contributed by atoms with van der Waals surface area (Å²) in [5, 5.41) is 0. The molecular formula is C20H23BrN6O4S. The number of hydrogen-bond acceptors (Lipinski definition) is 8. The Morgan fingerprint density at radius 3 is 2.47 bits per heavy atom. The average molecular weight is 536 g/mol. The van der Waals surface area contributed by atoms with Crippen LogP contribution in [0.5, 0.6) is 11.9 Å². The van der Waals surface area contributed by atoms with E-state index in [0.29, 0.717) is 0 Å². The molecule has 170 valence electrons. The van der Waals surface area contributed by atoms with Crippen molar-refractivity contribution in [3.05, 3.63) is 52.9 Å². The molecule has 2 heterocycles. The first-order valence-electron chi connectivity index (χ1n) is 15.1. The molecule has 0 fully saturated rings. The van der Waals surface area contributed by atoms with E-state index in [0.717, 1.165) is 0 Å². The van der Waals surface area contributed by atoms with Crippen molar-refractivity contribution in [2.75, 3.05) is 24.3 Å². The molecule has 0 saturated heterocycles. The monoisotopic (exact) mass is 535 g/mol. The number of nitrogens with zero attached hydrogens (tertiary/aromatic N) is 4. The molecule has 0 saturated carbocycles. The van der Waals surface area contributed by atoms with Crippen LogP contribution >= 0.6 is 15.9 Å². The van der Waals surface area contributed by atoms with E-state index in [1.807, 2.05) is 4.72 Å². The van der Waals surface area contributed by atoms with Gasteiger partial charge >= 0.3 is 6.01 Å². The zero-order valence-corrected chi connectivity index (χ0v) is 18.8. The van der Waals surface area contributed by atoms with Gasteiger partial charge in [-0.05, 0) is 36.6 Å². The van der Waals surface area contributed by atoms with Gasteiger partial charge in [-0.25, -0.2) is 19.9 Å². The third-order valence-corrected chi connectivity index (χ3v) is 4.46. The number of rotatable bonds is 11. The number of aromatic nitrogens is 4. The van der Waals surface area contributed by atoms with Crippen molar-refractivity contribution >= 4 is 32.0 Å². The third kappa shape index (κ3) is 6.84. The molecular weight excluding hydrogens is 500 g/mol. The predicted octanol–water partition coefficient (Wildman–Crippen LogP) is 3.12. The lowest BCUT2D eigenvalue weighted by Gasteiger charge is -2.15. The van der Waals surface area contributed by atoms with Crippen LogP contribution in [0.3, 0.4) is 0 Å². The quantitative estimate of drug-likeness (QED) is 0.383. The molecule has 3 aromatic rings. The van der Waals surface area contributed by atoms with E-state index in [9.17, 15) is 8.42 Å². The van der Waals surface area contributed by atoms with Crippen molar-refractivity contribution in [1.82, 2.24) is 24.7 Å². The lowest BCUT2D eigenvalue weighted by molar-refractivity contribution is 0.202. The molecule has 2 aromatic heterocycles. The molecule has 10 nitrogen and oxygen atoms in total. The molecule has 2 N–H and O–H groups in total. The molecule has 0 bridgehead atoms. The van der Waals surface area contributed by atoms with E-state index < -0.39 is 101 Å². The van der Waals surface area contributed by atoms with Gasteiger partial charge in [0.2, 0.25) is 5.88 Å². The first-order chi connectivity index (χ1) is 20.4. The molecule has 0 atom stereocenters. The highest BCUT2D eigenvalue weighted by atomic mass is 79.9. The maximum atomic E-state index is 12.9. The SMILES string of the molecule is [2H]c1nc(NS(=O)(=O)NC([2H])([2H])CC)c(-c2c([2H])c([2H])c(Br)c([2H])c2[2H])c(OC([2H])([2H])C([2H])([2H])Oc2nc([2H])c(C)c([2H])n2)n1. The van der Waals surface area contributed by atoms with Crippen molar-refractivity contribution < 1.29 is 35.7 Å². The Balaban J connectivity index is 2.27. The second-order valence-corrected chi connectivity index (χ2v) is 7.75. The smallest absolute Gasteiger partial charge is 0.316 e. The highest BCUT2D eigenvalue weighted by Gasteiger charge is 2.19. The van der Waals surface area contributed by atoms with Crippen LogP contribution < -0.4 is 18.9 Å². The first kappa shape index (κ1) is 11.9. The Labute approximate surface area is 213 Å². The summed E-state index contributed by atoms with van der Waals surface area (Å²) in [6.07, 6.45) is -2.43. The largest absolute Gasteiger partial charge is 0.473 e. The van der Waals surface area contributed by atoms with Crippen LogP contribution in [0.15, 0.2) is 47.3 Å². The minimum Gasteiger partial charge on any atom is -0.473 e. The molecule has 0 radical (unpaired) electrons. The van der Waals surface area contributed by atoms with Crippen molar-refractivity contribution in [1.29, 1.82) is 0 Å². The lowest BCUT2D eigenvalue weighted by atomic mass is 10.1. The topological polar surface area (TPSA) is 128 Å². The van der Waals surface area contributed by atoms with Gasteiger partial charge in [0.1, 0.15) is 20.8 Å². The van der Waals surface area contributed by atoms with Crippen molar-refractivity contribution in [2.24, 2.45) is 0 Å². The van der Waals surface area contributed by atoms with Crippen LogP contribution in [0.25, 0.3) is 11.1 Å². The normalized spacial score (nSPS) is 18.4. The van der Waals surface area contributed by atoms with Gasteiger partial charge < -0.3 is 9.47 Å². The number of nitrogens with one attached hydrogen (secondary N) is 2. The summed E-state index contributed by atoms with van der Waals surface area (Å²) in [6.45, 7) is -7.06. The summed E-state index contributed by atoms with van der Waals surface area (Å²) in [4.78, 5) is 14.3. The van der Waals surface area contributed by atoms with Gasteiger partial charge in [-0.3, -0.25) is 4.72 Å². The van der Waals surface area contributed by atoms with Crippen LogP contribution in [0.4, 0.5) is 5.82 Å². The minimum absolute atomic E-state index is 0.0154. The summed E-state index contributed by atoms with van der Waals surface area (Å²) < 4.78 is 144. The van der Waals surface area contributed by atoms with Crippen molar-refractivity contribution in [3.63, 3.8) is 0 Å². The Morgan fingerprint density at radius 2 is 1.78 bits per heavy atom. The highest BCUT2D eigenvalue weighted by molar-refractivity contribution is 9.10. The Kier molecular flexibility index (Phi) is 4.14. The molecule has 0 spiro atoms. The fourth-order valence-corrected chi connectivity index (χ4v) is 2.93. The summed E-state index contributed by atoms with van der Waals surface area (Å²) in [6, 6.07) is -3.97. The average Bonchev–Trinajstić information content (AvgIpc) is 2.89. The van der Waals surface area contributed by atoms with Crippen LogP contribution in [0, 0.1) is 6.92 Å². The van der Waals surface area contributed by atoms with Crippen LogP contribution in [-0.2, 0) is 10.2 Å². The van der Waals surface area contributed by atoms with Gasteiger partial charge in [0.25, 0.3) is 10.2 Å². The molecule has 1 aromatic carbocycles. The second kappa shape index (κ2) is 11.2. The number of hydrogen-bond donors (Lipinski definition) is 2. The Morgan fingerprint density at radius 1 is 1.09 bits per heavy atom. The van der Waals surface area contributed by atoms with Gasteiger partial charge in [-0.1, -0.05) is 34.9 Å². The van der Waals surface area contributed by atoms with Gasteiger partial charge in [0, 0.05) is 26.1 Å². The van der Waals surface area contributed by atoms with Crippen LogP contribution in [0.1, 0.15) is 36.7 Å². The highest BCUT2D eigenvalue weighted by Crippen LogP contribution is 2.34. The number of ether oxygens (including phenoxy) is 2. The summed E-state index contributed by atoms with van der Waals surface area (Å²) in [7, 11) is -4.92. The Bertz CT molecular complexity index is 1720. The fraction of sp³-hybridized carbons (Fsp3) is 0.300. The molecule has 3 rings (SSSR count). The van der Waals surface area contributed by atoms with E-state index in [1.54, 1.807) is 4.72 Å². The maximum Gasteiger partial charge on any atom is 0.316 e. The zero-order valence-electron chi connectivity index (χ0n) is 29.4. The van der Waals surface area contributed by atoms with E-state index in [2.05, 4.69) is 35.9 Å². The molecule has 0 unspecified atom stereocenters. The summed E-state index contributed by atoms with van der Waals surface area (Å²) in [5.74, 6) is -2.14. The van der Waals surface area contributed by atoms with E-state index >= 15 is 0 Å².